The van der Waals surface area contributed by atoms with E-state index in [-0.39, 0.29) is 10.0 Å². The van der Waals surface area contributed by atoms with Gasteiger partial charge in [-0.1, -0.05) is 25.0 Å². The minimum absolute atomic E-state index is 0.0924. The van der Waals surface area contributed by atoms with Gasteiger partial charge in [-0.25, -0.2) is 8.42 Å². The first-order chi connectivity index (χ1) is 15.9. The number of para-hydroxylation sites is 1. The van der Waals surface area contributed by atoms with Crippen molar-refractivity contribution in [3.05, 3.63) is 54.1 Å². The van der Waals surface area contributed by atoms with Crippen LogP contribution in [0.15, 0.2) is 53.4 Å². The minimum atomic E-state index is -3.52. The Balaban J connectivity index is 1.60. The number of carbonyl (C=O) groups excluding carboxylic acids is 1. The molecular formula is C23H29N3O5S2. The number of ether oxygens (including phenoxy) is 2. The van der Waals surface area contributed by atoms with Crippen molar-refractivity contribution in [2.75, 3.05) is 38.7 Å². The number of anilines is 1. The third-order valence-corrected chi connectivity index (χ3v) is 7.34. The van der Waals surface area contributed by atoms with Gasteiger partial charge in [-0.05, 0) is 61.5 Å². The number of methoxy groups -OCH3 is 1. The van der Waals surface area contributed by atoms with Crippen LogP contribution in [0.2, 0.25) is 0 Å². The molecule has 1 amide bonds. The van der Waals surface area contributed by atoms with Gasteiger partial charge in [0.05, 0.1) is 17.1 Å². The molecule has 0 saturated carbocycles. The van der Waals surface area contributed by atoms with Crippen LogP contribution in [0.5, 0.6) is 5.75 Å². The third kappa shape index (κ3) is 6.97. The van der Waals surface area contributed by atoms with E-state index in [1.807, 2.05) is 0 Å². The summed E-state index contributed by atoms with van der Waals surface area (Å²) in [6.45, 7) is 1.82. The highest BCUT2D eigenvalue weighted by Gasteiger charge is 2.25. The molecule has 0 radical (unpaired) electrons. The van der Waals surface area contributed by atoms with E-state index in [4.69, 9.17) is 21.7 Å². The molecule has 0 spiro atoms. The number of amides is 1. The highest BCUT2D eigenvalue weighted by atomic mass is 32.2. The summed E-state index contributed by atoms with van der Waals surface area (Å²) in [6.07, 6.45) is 3.88. The zero-order valence-electron chi connectivity index (χ0n) is 18.6. The average molecular weight is 492 g/mol. The fourth-order valence-corrected chi connectivity index (χ4v) is 5.22. The standard InChI is InChI=1S/C23H29N3O5S2/c1-30-16-17-31-21-9-5-4-8-20(21)22(27)25-23(32)24-18-10-12-19(13-11-18)33(28,29)26-14-6-2-3-7-15-26/h4-5,8-13H,2-3,6-7,14-17H2,1H3,(H2,24,25,27,32). The maximum Gasteiger partial charge on any atom is 0.261 e. The van der Waals surface area contributed by atoms with E-state index in [1.54, 1.807) is 59.9 Å². The number of thiocarbonyl (C=S) groups is 1. The van der Waals surface area contributed by atoms with Gasteiger partial charge >= 0.3 is 0 Å². The second-order valence-corrected chi connectivity index (χ2v) is 9.93. The number of rotatable bonds is 8. The van der Waals surface area contributed by atoms with Gasteiger partial charge in [0.25, 0.3) is 5.91 Å². The molecule has 0 aliphatic carbocycles. The van der Waals surface area contributed by atoms with Crippen molar-refractivity contribution in [3.8, 4) is 5.75 Å². The summed E-state index contributed by atoms with van der Waals surface area (Å²) in [6, 6.07) is 13.2. The van der Waals surface area contributed by atoms with Crippen molar-refractivity contribution in [2.45, 2.75) is 30.6 Å². The zero-order chi connectivity index (χ0) is 23.7. The lowest BCUT2D eigenvalue weighted by Gasteiger charge is -2.20. The van der Waals surface area contributed by atoms with Crippen molar-refractivity contribution in [2.24, 2.45) is 0 Å². The van der Waals surface area contributed by atoms with Crippen LogP contribution in [0.3, 0.4) is 0 Å². The van der Waals surface area contributed by atoms with E-state index >= 15 is 0 Å². The van der Waals surface area contributed by atoms with Crippen LogP contribution in [0.1, 0.15) is 36.0 Å². The summed E-state index contributed by atoms with van der Waals surface area (Å²) in [4.78, 5) is 12.9. The van der Waals surface area contributed by atoms with Gasteiger partial charge < -0.3 is 14.8 Å². The zero-order valence-corrected chi connectivity index (χ0v) is 20.2. The number of nitrogens with one attached hydrogen (secondary N) is 2. The number of benzene rings is 2. The van der Waals surface area contributed by atoms with Gasteiger partial charge in [0.2, 0.25) is 10.0 Å². The molecule has 2 aromatic rings. The normalized spacial score (nSPS) is 14.8. The van der Waals surface area contributed by atoms with E-state index < -0.39 is 15.9 Å². The molecule has 1 aliphatic rings. The molecule has 0 aromatic heterocycles. The molecule has 0 bridgehead atoms. The summed E-state index contributed by atoms with van der Waals surface area (Å²) in [5.74, 6) is 0.0128. The molecule has 0 unspecified atom stereocenters. The fraction of sp³-hybridized carbons (Fsp3) is 0.391. The monoisotopic (exact) mass is 491 g/mol. The van der Waals surface area contributed by atoms with Crippen molar-refractivity contribution in [3.63, 3.8) is 0 Å². The first-order valence-electron chi connectivity index (χ1n) is 10.8. The summed E-state index contributed by atoms with van der Waals surface area (Å²) < 4.78 is 37.9. The molecule has 3 rings (SSSR count). The van der Waals surface area contributed by atoms with Crippen molar-refractivity contribution >= 4 is 38.9 Å². The second-order valence-electron chi connectivity index (χ2n) is 7.59. The molecule has 1 fully saturated rings. The number of sulfonamides is 1. The van der Waals surface area contributed by atoms with Crippen molar-refractivity contribution in [1.82, 2.24) is 9.62 Å². The Morgan fingerprint density at radius 2 is 1.67 bits per heavy atom. The molecule has 1 heterocycles. The second kappa shape index (κ2) is 12.1. The fourth-order valence-electron chi connectivity index (χ4n) is 3.49. The molecule has 2 N–H and O–H groups in total. The molecule has 1 aliphatic heterocycles. The first kappa shape index (κ1) is 25.1. The Hall–Kier alpha value is -2.53. The molecule has 10 heteroatoms. The Morgan fingerprint density at radius 3 is 2.33 bits per heavy atom. The third-order valence-electron chi connectivity index (χ3n) is 5.22. The average Bonchev–Trinajstić information content (AvgIpc) is 3.10. The van der Waals surface area contributed by atoms with Crippen LogP contribution in [-0.2, 0) is 14.8 Å². The lowest BCUT2D eigenvalue weighted by molar-refractivity contribution is 0.0970. The van der Waals surface area contributed by atoms with Crippen LogP contribution >= 0.6 is 12.2 Å². The molecule has 0 atom stereocenters. The number of hydrogen-bond acceptors (Lipinski definition) is 6. The van der Waals surface area contributed by atoms with Crippen LogP contribution in [0, 0.1) is 0 Å². The summed E-state index contributed by atoms with van der Waals surface area (Å²) in [5, 5.41) is 5.63. The predicted molar refractivity (Wildman–Crippen MR) is 131 cm³/mol. The van der Waals surface area contributed by atoms with Crippen LogP contribution in [0.4, 0.5) is 5.69 Å². The number of nitrogens with zero attached hydrogens (tertiary/aromatic N) is 1. The van der Waals surface area contributed by atoms with Gasteiger partial charge in [0.15, 0.2) is 5.11 Å². The maximum absolute atomic E-state index is 12.9. The Labute approximate surface area is 200 Å². The largest absolute Gasteiger partial charge is 0.490 e. The highest BCUT2D eigenvalue weighted by Crippen LogP contribution is 2.22. The van der Waals surface area contributed by atoms with E-state index in [2.05, 4.69) is 10.6 Å². The number of carbonyl (C=O) groups is 1. The first-order valence-corrected chi connectivity index (χ1v) is 12.7. The Bertz CT molecular complexity index is 1050. The molecule has 8 nitrogen and oxygen atoms in total. The molecule has 33 heavy (non-hydrogen) atoms. The molecular weight excluding hydrogens is 462 g/mol. The molecule has 2 aromatic carbocycles. The van der Waals surface area contributed by atoms with Gasteiger partial charge in [0, 0.05) is 25.9 Å². The van der Waals surface area contributed by atoms with Crippen molar-refractivity contribution < 1.29 is 22.7 Å². The smallest absolute Gasteiger partial charge is 0.261 e. The summed E-state index contributed by atoms with van der Waals surface area (Å²) >= 11 is 5.26. The van der Waals surface area contributed by atoms with E-state index in [0.717, 1.165) is 25.7 Å². The van der Waals surface area contributed by atoms with E-state index in [0.29, 0.717) is 43.3 Å². The number of hydrogen-bond donors (Lipinski definition) is 2. The minimum Gasteiger partial charge on any atom is -0.490 e. The van der Waals surface area contributed by atoms with Crippen LogP contribution in [0.25, 0.3) is 0 Å². The van der Waals surface area contributed by atoms with Gasteiger partial charge in [-0.3, -0.25) is 10.1 Å². The van der Waals surface area contributed by atoms with Crippen LogP contribution in [-0.4, -0.2) is 57.2 Å². The predicted octanol–water partition coefficient (Wildman–Crippen LogP) is 3.40. The lowest BCUT2D eigenvalue weighted by Crippen LogP contribution is -2.34. The maximum atomic E-state index is 12.9. The lowest BCUT2D eigenvalue weighted by atomic mass is 10.2. The molecule has 1 saturated heterocycles. The summed E-state index contributed by atoms with van der Waals surface area (Å²) in [5.41, 5.74) is 0.913. The topological polar surface area (TPSA) is 97.0 Å². The van der Waals surface area contributed by atoms with Gasteiger partial charge in [-0.15, -0.1) is 0 Å². The molecule has 178 valence electrons. The van der Waals surface area contributed by atoms with Crippen LogP contribution < -0.4 is 15.4 Å². The Morgan fingerprint density at radius 1 is 1.00 bits per heavy atom. The van der Waals surface area contributed by atoms with E-state index in [9.17, 15) is 13.2 Å². The highest BCUT2D eigenvalue weighted by molar-refractivity contribution is 7.89. The Kier molecular flexibility index (Phi) is 9.19. The van der Waals surface area contributed by atoms with Gasteiger partial charge in [0.1, 0.15) is 12.4 Å². The van der Waals surface area contributed by atoms with Gasteiger partial charge in [-0.2, -0.15) is 4.31 Å². The summed E-state index contributed by atoms with van der Waals surface area (Å²) in [7, 11) is -1.95. The quantitative estimate of drug-likeness (QED) is 0.431. The van der Waals surface area contributed by atoms with E-state index in [1.165, 1.54) is 0 Å². The van der Waals surface area contributed by atoms with Crippen molar-refractivity contribution in [1.29, 1.82) is 0 Å². The SMILES string of the molecule is COCCOc1ccccc1C(=O)NC(=S)Nc1ccc(S(=O)(=O)N2CCCCCC2)cc1.